The molecule has 0 fully saturated rings. The average molecular weight is 417 g/mol. The molecule has 1 heterocycles. The SMILES string of the molecule is CCCOc1ncccc1CNC(=O)CNC(=O)c1cc(OC)c(OC)c(OC)c1. The summed E-state index contributed by atoms with van der Waals surface area (Å²) in [4.78, 5) is 28.8. The predicted octanol–water partition coefficient (Wildman–Crippen LogP) is 1.94. The van der Waals surface area contributed by atoms with Crippen molar-refractivity contribution in [2.75, 3.05) is 34.5 Å². The number of hydrogen-bond donors (Lipinski definition) is 2. The van der Waals surface area contributed by atoms with Crippen LogP contribution in [0.4, 0.5) is 0 Å². The summed E-state index contributed by atoms with van der Waals surface area (Å²) in [6, 6.07) is 6.63. The third-order valence-corrected chi connectivity index (χ3v) is 4.11. The molecule has 2 N–H and O–H groups in total. The van der Waals surface area contributed by atoms with Crippen LogP contribution in [-0.4, -0.2) is 51.3 Å². The van der Waals surface area contributed by atoms with E-state index in [4.69, 9.17) is 18.9 Å². The molecule has 0 aliphatic heterocycles. The first-order chi connectivity index (χ1) is 14.5. The van der Waals surface area contributed by atoms with Crippen molar-refractivity contribution in [2.24, 2.45) is 0 Å². The van der Waals surface area contributed by atoms with E-state index in [2.05, 4.69) is 15.6 Å². The first kappa shape index (κ1) is 22.8. The van der Waals surface area contributed by atoms with Crippen LogP contribution in [0.3, 0.4) is 0 Å². The van der Waals surface area contributed by atoms with E-state index in [0.717, 1.165) is 12.0 Å². The molecule has 162 valence electrons. The van der Waals surface area contributed by atoms with Crippen molar-refractivity contribution >= 4 is 11.8 Å². The van der Waals surface area contributed by atoms with Crippen LogP contribution in [0.15, 0.2) is 30.5 Å². The molecule has 2 aromatic rings. The van der Waals surface area contributed by atoms with Crippen molar-refractivity contribution in [3.63, 3.8) is 0 Å². The van der Waals surface area contributed by atoms with Crippen molar-refractivity contribution in [1.82, 2.24) is 15.6 Å². The summed E-state index contributed by atoms with van der Waals surface area (Å²) in [7, 11) is 4.40. The Morgan fingerprint density at radius 1 is 1.03 bits per heavy atom. The van der Waals surface area contributed by atoms with Gasteiger partial charge in [0.2, 0.25) is 17.5 Å². The van der Waals surface area contributed by atoms with Gasteiger partial charge in [-0.1, -0.05) is 13.0 Å². The van der Waals surface area contributed by atoms with E-state index in [9.17, 15) is 9.59 Å². The molecule has 1 aromatic carbocycles. The molecule has 0 radical (unpaired) electrons. The van der Waals surface area contributed by atoms with Gasteiger partial charge in [0.05, 0.1) is 34.5 Å². The minimum absolute atomic E-state index is 0.194. The van der Waals surface area contributed by atoms with E-state index < -0.39 is 5.91 Å². The maximum absolute atomic E-state index is 12.5. The molecule has 9 nitrogen and oxygen atoms in total. The zero-order valence-electron chi connectivity index (χ0n) is 17.6. The molecule has 0 aliphatic rings. The van der Waals surface area contributed by atoms with Gasteiger partial charge >= 0.3 is 0 Å². The summed E-state index contributed by atoms with van der Waals surface area (Å²) >= 11 is 0. The maximum Gasteiger partial charge on any atom is 0.251 e. The number of pyridine rings is 1. The Morgan fingerprint density at radius 2 is 1.73 bits per heavy atom. The fraction of sp³-hybridized carbons (Fsp3) is 0.381. The number of carbonyl (C=O) groups is 2. The number of ether oxygens (including phenoxy) is 4. The molecule has 0 bridgehead atoms. The molecule has 0 spiro atoms. The molecule has 2 amide bonds. The number of methoxy groups -OCH3 is 3. The fourth-order valence-electron chi connectivity index (χ4n) is 2.62. The van der Waals surface area contributed by atoms with Crippen molar-refractivity contribution in [3.8, 4) is 23.1 Å². The van der Waals surface area contributed by atoms with Crippen LogP contribution in [0, 0.1) is 0 Å². The summed E-state index contributed by atoms with van der Waals surface area (Å²) in [5, 5.41) is 5.32. The average Bonchev–Trinajstić information content (AvgIpc) is 2.79. The van der Waals surface area contributed by atoms with Crippen molar-refractivity contribution in [2.45, 2.75) is 19.9 Å². The summed E-state index contributed by atoms with van der Waals surface area (Å²) in [5.74, 6) is 0.775. The molecule has 0 saturated carbocycles. The number of nitrogens with zero attached hydrogens (tertiary/aromatic N) is 1. The highest BCUT2D eigenvalue weighted by atomic mass is 16.5. The molecule has 1 aromatic heterocycles. The summed E-state index contributed by atoms with van der Waals surface area (Å²) in [5.41, 5.74) is 1.04. The van der Waals surface area contributed by atoms with Gasteiger partial charge in [-0.05, 0) is 24.6 Å². The molecule has 9 heteroatoms. The van der Waals surface area contributed by atoms with Crippen LogP contribution in [0.1, 0.15) is 29.3 Å². The highest BCUT2D eigenvalue weighted by Crippen LogP contribution is 2.38. The topological polar surface area (TPSA) is 108 Å². The molecule has 0 aliphatic carbocycles. The van der Waals surface area contributed by atoms with Gasteiger partial charge in [-0.2, -0.15) is 0 Å². The monoisotopic (exact) mass is 417 g/mol. The number of aromatic nitrogens is 1. The Bertz CT molecular complexity index is 847. The molecule has 30 heavy (non-hydrogen) atoms. The number of nitrogens with one attached hydrogen (secondary N) is 2. The molecule has 0 atom stereocenters. The van der Waals surface area contributed by atoms with E-state index >= 15 is 0 Å². The quantitative estimate of drug-likeness (QED) is 0.575. The highest BCUT2D eigenvalue weighted by Gasteiger charge is 2.17. The first-order valence-electron chi connectivity index (χ1n) is 9.45. The molecule has 0 saturated heterocycles. The lowest BCUT2D eigenvalue weighted by molar-refractivity contribution is -0.120. The molecular weight excluding hydrogens is 390 g/mol. The summed E-state index contributed by atoms with van der Waals surface area (Å²) < 4.78 is 21.3. The Kier molecular flexibility index (Phi) is 8.74. The molecular formula is C21H27N3O6. The second-order valence-corrected chi connectivity index (χ2v) is 6.19. The summed E-state index contributed by atoms with van der Waals surface area (Å²) in [6.07, 6.45) is 2.49. The highest BCUT2D eigenvalue weighted by molar-refractivity contribution is 5.97. The van der Waals surface area contributed by atoms with Crippen LogP contribution in [0.25, 0.3) is 0 Å². The number of benzene rings is 1. The predicted molar refractivity (Wildman–Crippen MR) is 110 cm³/mol. The zero-order valence-corrected chi connectivity index (χ0v) is 17.6. The van der Waals surface area contributed by atoms with Gasteiger partial charge in [-0.3, -0.25) is 9.59 Å². The summed E-state index contributed by atoms with van der Waals surface area (Å²) in [6.45, 7) is 2.59. The van der Waals surface area contributed by atoms with E-state index in [-0.39, 0.29) is 24.6 Å². The number of carbonyl (C=O) groups excluding carboxylic acids is 2. The number of rotatable bonds is 11. The second-order valence-electron chi connectivity index (χ2n) is 6.19. The number of hydrogen-bond acceptors (Lipinski definition) is 7. The van der Waals surface area contributed by atoms with E-state index in [0.29, 0.717) is 29.7 Å². The lowest BCUT2D eigenvalue weighted by Gasteiger charge is -2.14. The van der Waals surface area contributed by atoms with Gasteiger partial charge in [0.25, 0.3) is 5.91 Å². The van der Waals surface area contributed by atoms with Gasteiger partial charge in [0, 0.05) is 23.9 Å². The fourth-order valence-corrected chi connectivity index (χ4v) is 2.62. The minimum Gasteiger partial charge on any atom is -0.493 e. The maximum atomic E-state index is 12.5. The first-order valence-corrected chi connectivity index (χ1v) is 9.45. The van der Waals surface area contributed by atoms with Gasteiger partial charge in [-0.15, -0.1) is 0 Å². The lowest BCUT2D eigenvalue weighted by atomic mass is 10.1. The van der Waals surface area contributed by atoms with E-state index in [1.54, 1.807) is 12.3 Å². The van der Waals surface area contributed by atoms with Crippen LogP contribution >= 0.6 is 0 Å². The number of amides is 2. The van der Waals surface area contributed by atoms with Crippen LogP contribution in [-0.2, 0) is 11.3 Å². The van der Waals surface area contributed by atoms with Crippen molar-refractivity contribution in [1.29, 1.82) is 0 Å². The molecule has 0 unspecified atom stereocenters. The Labute approximate surface area is 175 Å². The third kappa shape index (κ3) is 6.00. The largest absolute Gasteiger partial charge is 0.493 e. The Hall–Kier alpha value is -3.49. The third-order valence-electron chi connectivity index (χ3n) is 4.11. The lowest BCUT2D eigenvalue weighted by Crippen LogP contribution is -2.36. The standard InChI is InChI=1S/C21H27N3O6/c1-5-9-30-21-14(7-6-8-22-21)12-23-18(25)13-24-20(26)15-10-16(27-2)19(29-4)17(11-15)28-3/h6-8,10-11H,5,9,12-13H2,1-4H3,(H,23,25)(H,24,26). The molecule has 2 rings (SSSR count). The van der Waals surface area contributed by atoms with E-state index in [1.807, 2.05) is 13.0 Å². The van der Waals surface area contributed by atoms with Crippen molar-refractivity contribution < 1.29 is 28.5 Å². The smallest absolute Gasteiger partial charge is 0.251 e. The minimum atomic E-state index is -0.447. The normalized spacial score (nSPS) is 10.1. The van der Waals surface area contributed by atoms with Gasteiger partial charge in [-0.25, -0.2) is 4.98 Å². The Balaban J connectivity index is 1.95. The van der Waals surface area contributed by atoms with Gasteiger partial charge in [0.1, 0.15) is 0 Å². The van der Waals surface area contributed by atoms with Crippen LogP contribution < -0.4 is 29.6 Å². The van der Waals surface area contributed by atoms with Gasteiger partial charge in [0.15, 0.2) is 11.5 Å². The second kappa shape index (κ2) is 11.5. The van der Waals surface area contributed by atoms with Crippen molar-refractivity contribution in [3.05, 3.63) is 41.6 Å². The van der Waals surface area contributed by atoms with Crippen LogP contribution in [0.2, 0.25) is 0 Å². The van der Waals surface area contributed by atoms with Crippen LogP contribution in [0.5, 0.6) is 23.1 Å². The van der Waals surface area contributed by atoms with Gasteiger partial charge < -0.3 is 29.6 Å². The van der Waals surface area contributed by atoms with E-state index in [1.165, 1.54) is 33.5 Å². The zero-order chi connectivity index (χ0) is 21.9. The Morgan fingerprint density at radius 3 is 2.33 bits per heavy atom.